The predicted molar refractivity (Wildman–Crippen MR) is 141 cm³/mol. The number of nitrogens with zero attached hydrogens (tertiary/aromatic N) is 1. The zero-order valence-electron chi connectivity index (χ0n) is 20.8. The lowest BCUT2D eigenvalue weighted by Gasteiger charge is -2.37. The zero-order chi connectivity index (χ0) is 25.1. The van der Waals surface area contributed by atoms with Gasteiger partial charge in [-0.2, -0.15) is 0 Å². The summed E-state index contributed by atoms with van der Waals surface area (Å²) in [6, 6.07) is 13.0. The minimum Gasteiger partial charge on any atom is -0.361 e. The zero-order valence-corrected chi connectivity index (χ0v) is 21.6. The van der Waals surface area contributed by atoms with Crippen molar-refractivity contribution in [1.82, 2.24) is 10.3 Å². The van der Waals surface area contributed by atoms with Gasteiger partial charge in [-0.25, -0.2) is 0 Å². The highest BCUT2D eigenvalue weighted by Gasteiger charge is 2.37. The highest BCUT2D eigenvalue weighted by Crippen LogP contribution is 2.34. The molecule has 0 bridgehead atoms. The van der Waals surface area contributed by atoms with Crippen LogP contribution in [0.1, 0.15) is 50.7 Å². The number of anilines is 1. The van der Waals surface area contributed by atoms with Crippen LogP contribution in [0, 0.1) is 11.8 Å². The van der Waals surface area contributed by atoms with Crippen molar-refractivity contribution in [3.63, 3.8) is 0 Å². The van der Waals surface area contributed by atoms with Gasteiger partial charge < -0.3 is 20.9 Å². The second kappa shape index (κ2) is 10.8. The Hall–Kier alpha value is -2.83. The molecule has 0 spiro atoms. The van der Waals surface area contributed by atoms with Crippen LogP contribution in [0.15, 0.2) is 48.7 Å². The molecule has 0 aliphatic carbocycles. The molecule has 1 aliphatic rings. The monoisotopic (exact) mass is 495 g/mol. The molecule has 0 radical (unpaired) electrons. The third kappa shape index (κ3) is 5.39. The van der Waals surface area contributed by atoms with Gasteiger partial charge in [-0.3, -0.25) is 9.59 Å². The van der Waals surface area contributed by atoms with Crippen LogP contribution in [-0.4, -0.2) is 35.9 Å². The minimum atomic E-state index is -0.696. The first-order chi connectivity index (χ1) is 16.8. The summed E-state index contributed by atoms with van der Waals surface area (Å²) >= 11 is 6.28. The van der Waals surface area contributed by atoms with Crippen molar-refractivity contribution in [1.29, 1.82) is 0 Å². The Morgan fingerprint density at radius 1 is 1.23 bits per heavy atom. The fraction of sp³-hybridized carbons (Fsp3) is 0.429. The average molecular weight is 496 g/mol. The van der Waals surface area contributed by atoms with E-state index in [1.807, 2.05) is 54.4 Å². The van der Waals surface area contributed by atoms with Gasteiger partial charge in [0.1, 0.15) is 6.04 Å². The molecule has 0 saturated heterocycles. The number of aromatic nitrogens is 1. The molecule has 3 aromatic rings. The molecule has 5 N–H and O–H groups in total. The molecule has 186 valence electrons. The van der Waals surface area contributed by atoms with Crippen molar-refractivity contribution < 1.29 is 15.3 Å². The van der Waals surface area contributed by atoms with Gasteiger partial charge in [-0.05, 0) is 47.7 Å². The molecule has 1 aliphatic heterocycles. The standard InChI is InChI=1S/C28H35ClN4O2/c1-4-17(2)11-26(34)32-27(18(3)23-15-31-24-8-6-5-7-22(23)24)28(35)33-16-19(14-30)12-20-13-21(29)9-10-25(20)33/h5-10,13,15,17-19,27,31H,4,11-12,14,16,30H2,1-3H3,(H,32,34)/p+1/t17?,18?,19-,27?/m1/s1. The number of para-hydroxylation sites is 1. The fourth-order valence-corrected chi connectivity index (χ4v) is 5.22. The number of nitrogens with one attached hydrogen (secondary N) is 2. The average Bonchev–Trinajstić information content (AvgIpc) is 3.29. The Bertz CT molecular complexity index is 1210. The van der Waals surface area contributed by atoms with Crippen molar-refractivity contribution in [3.8, 4) is 0 Å². The van der Waals surface area contributed by atoms with Crippen molar-refractivity contribution in [2.24, 2.45) is 11.8 Å². The van der Waals surface area contributed by atoms with Crippen LogP contribution in [0.3, 0.4) is 0 Å². The van der Waals surface area contributed by atoms with E-state index in [1.54, 1.807) is 0 Å². The van der Waals surface area contributed by atoms with Crippen LogP contribution < -0.4 is 16.0 Å². The SMILES string of the molecule is CCC(C)CC(=O)NC(C(=O)N1C[C@@H](C[NH3+])Cc2cc(Cl)ccc21)C(C)c1c[nH]c2ccccc12. The van der Waals surface area contributed by atoms with Crippen LogP contribution in [-0.2, 0) is 16.0 Å². The smallest absolute Gasteiger partial charge is 0.250 e. The minimum absolute atomic E-state index is 0.0913. The molecule has 7 heteroatoms. The number of fused-ring (bicyclic) bond motifs is 2. The van der Waals surface area contributed by atoms with Gasteiger partial charge in [0.15, 0.2) is 0 Å². The Morgan fingerprint density at radius 3 is 2.74 bits per heavy atom. The van der Waals surface area contributed by atoms with Crippen LogP contribution >= 0.6 is 11.6 Å². The third-order valence-corrected chi connectivity index (χ3v) is 7.62. The Kier molecular flexibility index (Phi) is 7.82. The number of hydrogen-bond donors (Lipinski definition) is 3. The van der Waals surface area contributed by atoms with Crippen LogP contribution in [0.25, 0.3) is 10.9 Å². The molecule has 4 rings (SSSR count). The number of H-pyrrole nitrogens is 1. The molecule has 4 atom stereocenters. The van der Waals surface area contributed by atoms with Crippen molar-refractivity contribution in [3.05, 3.63) is 64.8 Å². The van der Waals surface area contributed by atoms with Gasteiger partial charge in [-0.15, -0.1) is 0 Å². The first-order valence-corrected chi connectivity index (χ1v) is 12.9. The normalized spacial score (nSPS) is 18.1. The van der Waals surface area contributed by atoms with Gasteiger partial charge in [0.2, 0.25) is 11.8 Å². The molecule has 3 unspecified atom stereocenters. The summed E-state index contributed by atoms with van der Waals surface area (Å²) in [6.45, 7) is 7.45. The van der Waals surface area contributed by atoms with E-state index in [9.17, 15) is 9.59 Å². The fourth-order valence-electron chi connectivity index (χ4n) is 5.03. The molecule has 6 nitrogen and oxygen atoms in total. The second-order valence-electron chi connectivity index (χ2n) is 9.92. The predicted octanol–water partition coefficient (Wildman–Crippen LogP) is 4.29. The summed E-state index contributed by atoms with van der Waals surface area (Å²) < 4.78 is 0. The van der Waals surface area contributed by atoms with E-state index in [-0.39, 0.29) is 29.6 Å². The number of rotatable bonds is 8. The summed E-state index contributed by atoms with van der Waals surface area (Å²) in [5.74, 6) is 0.0798. The number of amides is 2. The number of carbonyl (C=O) groups is 2. The van der Waals surface area contributed by atoms with E-state index in [0.717, 1.165) is 47.1 Å². The molecular weight excluding hydrogens is 460 g/mol. The van der Waals surface area contributed by atoms with Crippen molar-refractivity contribution in [2.45, 2.75) is 52.0 Å². The topological polar surface area (TPSA) is 92.8 Å². The molecule has 1 aromatic heterocycles. The lowest BCUT2D eigenvalue weighted by molar-refractivity contribution is -0.378. The highest BCUT2D eigenvalue weighted by atomic mass is 35.5. The summed E-state index contributed by atoms with van der Waals surface area (Å²) in [4.78, 5) is 32.4. The highest BCUT2D eigenvalue weighted by molar-refractivity contribution is 6.30. The number of benzene rings is 2. The van der Waals surface area contributed by atoms with E-state index >= 15 is 0 Å². The van der Waals surface area contributed by atoms with E-state index in [0.29, 0.717) is 18.0 Å². The van der Waals surface area contributed by atoms with E-state index in [4.69, 9.17) is 11.6 Å². The molecule has 0 fully saturated rings. The molecule has 2 amide bonds. The Balaban J connectivity index is 1.71. The maximum Gasteiger partial charge on any atom is 0.250 e. The van der Waals surface area contributed by atoms with Crippen molar-refractivity contribution >= 4 is 40.0 Å². The van der Waals surface area contributed by atoms with E-state index in [2.05, 4.69) is 35.9 Å². The van der Waals surface area contributed by atoms with Crippen LogP contribution in [0.4, 0.5) is 5.69 Å². The Labute approximate surface area is 212 Å². The van der Waals surface area contributed by atoms with Crippen LogP contribution in [0.5, 0.6) is 0 Å². The molecular formula is C28H36ClN4O2+. The lowest BCUT2D eigenvalue weighted by Crippen LogP contribution is -2.59. The third-order valence-electron chi connectivity index (χ3n) is 7.38. The molecule has 2 heterocycles. The van der Waals surface area contributed by atoms with Gasteiger partial charge in [0, 0.05) is 52.6 Å². The second-order valence-corrected chi connectivity index (χ2v) is 10.4. The largest absolute Gasteiger partial charge is 0.361 e. The molecule has 35 heavy (non-hydrogen) atoms. The number of carbonyl (C=O) groups excluding carboxylic acids is 2. The van der Waals surface area contributed by atoms with Crippen molar-refractivity contribution in [2.75, 3.05) is 18.0 Å². The van der Waals surface area contributed by atoms with Gasteiger partial charge >= 0.3 is 0 Å². The van der Waals surface area contributed by atoms with E-state index in [1.165, 1.54) is 0 Å². The summed E-state index contributed by atoms with van der Waals surface area (Å²) in [7, 11) is 0. The molecule has 2 aromatic carbocycles. The number of hydrogen-bond acceptors (Lipinski definition) is 2. The molecule has 0 saturated carbocycles. The Morgan fingerprint density at radius 2 is 2.00 bits per heavy atom. The van der Waals surface area contributed by atoms with E-state index < -0.39 is 6.04 Å². The van der Waals surface area contributed by atoms with Gasteiger partial charge in [0.25, 0.3) is 0 Å². The van der Waals surface area contributed by atoms with Gasteiger partial charge in [-0.1, -0.05) is 57.0 Å². The summed E-state index contributed by atoms with van der Waals surface area (Å²) in [5, 5.41) is 4.85. The number of aromatic amines is 1. The number of quaternary nitrogens is 1. The first kappa shape index (κ1) is 25.3. The quantitative estimate of drug-likeness (QED) is 0.435. The maximum atomic E-state index is 14.2. The number of halogens is 1. The lowest BCUT2D eigenvalue weighted by atomic mass is 9.88. The maximum absolute atomic E-state index is 14.2. The van der Waals surface area contributed by atoms with Crippen LogP contribution in [0.2, 0.25) is 5.02 Å². The summed E-state index contributed by atoms with van der Waals surface area (Å²) in [5.41, 5.74) is 8.06. The first-order valence-electron chi connectivity index (χ1n) is 12.6. The summed E-state index contributed by atoms with van der Waals surface area (Å²) in [6.07, 6.45) is 4.11. The van der Waals surface area contributed by atoms with Gasteiger partial charge in [0.05, 0.1) is 6.54 Å².